The molecule has 2 heteroatoms. The lowest BCUT2D eigenvalue weighted by molar-refractivity contribution is 0.502. The highest BCUT2D eigenvalue weighted by atomic mass is 15.2. The van der Waals surface area contributed by atoms with Gasteiger partial charge in [-0.2, -0.15) is 0 Å². The number of hydrogen-bond acceptors (Lipinski definition) is 2. The van der Waals surface area contributed by atoms with Crippen LogP contribution in [0.1, 0.15) is 52.1 Å². The normalized spacial score (nSPS) is 23.7. The van der Waals surface area contributed by atoms with Gasteiger partial charge in [-0.05, 0) is 127 Å². The highest BCUT2D eigenvalue weighted by molar-refractivity contribution is 6.18. The first kappa shape index (κ1) is 33.3. The first-order valence-corrected chi connectivity index (χ1v) is 22.3. The molecular weight excluding hydrogens is 749 g/mol. The summed E-state index contributed by atoms with van der Waals surface area (Å²) in [5, 5.41) is 0. The van der Waals surface area contributed by atoms with Gasteiger partial charge in [-0.3, -0.25) is 0 Å². The molecule has 0 saturated carbocycles. The summed E-state index contributed by atoms with van der Waals surface area (Å²) >= 11 is 0. The predicted molar refractivity (Wildman–Crippen MR) is 255 cm³/mol. The van der Waals surface area contributed by atoms with E-state index in [4.69, 9.17) is 0 Å². The van der Waals surface area contributed by atoms with Gasteiger partial charge >= 0.3 is 0 Å². The third kappa shape index (κ3) is 3.85. The van der Waals surface area contributed by atoms with Crippen LogP contribution in [0.25, 0.3) is 50.1 Å². The van der Waals surface area contributed by atoms with Crippen molar-refractivity contribution >= 4 is 28.3 Å². The summed E-state index contributed by atoms with van der Waals surface area (Å²) in [6.45, 7) is 0. The minimum absolute atomic E-state index is 0.102. The van der Waals surface area contributed by atoms with E-state index < -0.39 is 0 Å². The van der Waals surface area contributed by atoms with Gasteiger partial charge < -0.3 is 9.80 Å². The second-order valence-corrected chi connectivity index (χ2v) is 18.2. The zero-order chi connectivity index (χ0) is 40.3. The molecule has 6 aliphatic carbocycles. The van der Waals surface area contributed by atoms with Crippen LogP contribution in [0.15, 0.2) is 212 Å². The highest BCUT2D eigenvalue weighted by Crippen LogP contribution is 2.70. The van der Waals surface area contributed by atoms with Crippen molar-refractivity contribution in [1.29, 1.82) is 0 Å². The standard InChI is InChI=1S/C60H40N2/c1-5-17-37(18-6-1)49-53-41-27-29-45-57-51(41)43(31-35-59(57)33-15-13-25-47(59)61(45)39-21-9-3-10-22-39)55(53)50(38-19-7-2-8-20-38)56-44-32-36-60-34-16-14-26-48(60)62(40-23-11-4-12-24-40)46-30-28-42(54(49)56)52(44)58(46)60/h1-13,15-34,36,44,47H,14,35H2. The van der Waals surface area contributed by atoms with Gasteiger partial charge in [0.15, 0.2) is 0 Å². The molecule has 0 amide bonds. The lowest BCUT2D eigenvalue weighted by Crippen LogP contribution is -2.42. The van der Waals surface area contributed by atoms with Gasteiger partial charge in [0.2, 0.25) is 0 Å². The Hall–Kier alpha value is -7.42. The van der Waals surface area contributed by atoms with E-state index in [0.717, 1.165) is 12.8 Å². The van der Waals surface area contributed by atoms with Gasteiger partial charge in [-0.25, -0.2) is 0 Å². The molecule has 2 heterocycles. The lowest BCUT2D eigenvalue weighted by atomic mass is 9.66. The maximum atomic E-state index is 2.63. The van der Waals surface area contributed by atoms with Crippen LogP contribution in [0.3, 0.4) is 0 Å². The molecule has 7 aromatic rings. The van der Waals surface area contributed by atoms with Crippen molar-refractivity contribution in [2.24, 2.45) is 0 Å². The lowest BCUT2D eigenvalue weighted by Gasteiger charge is -2.39. The smallest absolute Gasteiger partial charge is 0.0740 e. The highest BCUT2D eigenvalue weighted by Gasteiger charge is 2.56. The zero-order valence-corrected chi connectivity index (χ0v) is 34.1. The van der Waals surface area contributed by atoms with Crippen LogP contribution in [0.2, 0.25) is 0 Å². The van der Waals surface area contributed by atoms with Crippen LogP contribution in [-0.4, -0.2) is 6.04 Å². The summed E-state index contributed by atoms with van der Waals surface area (Å²) in [5.74, 6) is 0.102. The number of allylic oxidation sites excluding steroid dienone is 7. The molecule has 0 aromatic heterocycles. The summed E-state index contributed by atoms with van der Waals surface area (Å²) in [6, 6.07) is 54.8. The number of hydrogen-bond donors (Lipinski definition) is 0. The van der Waals surface area contributed by atoms with Gasteiger partial charge in [0.25, 0.3) is 0 Å². The summed E-state index contributed by atoms with van der Waals surface area (Å²) in [4.78, 5) is 5.16. The van der Waals surface area contributed by atoms with E-state index in [-0.39, 0.29) is 22.8 Å². The van der Waals surface area contributed by atoms with Crippen molar-refractivity contribution < 1.29 is 0 Å². The second-order valence-electron chi connectivity index (χ2n) is 18.2. The molecule has 2 spiro atoms. The Morgan fingerprint density at radius 2 is 1.18 bits per heavy atom. The zero-order valence-electron chi connectivity index (χ0n) is 34.1. The van der Waals surface area contributed by atoms with Crippen LogP contribution in [0, 0.1) is 0 Å². The number of para-hydroxylation sites is 2. The van der Waals surface area contributed by atoms with Crippen molar-refractivity contribution in [3.8, 4) is 44.5 Å². The van der Waals surface area contributed by atoms with E-state index in [9.17, 15) is 0 Å². The molecule has 4 atom stereocenters. The van der Waals surface area contributed by atoms with E-state index in [0.29, 0.717) is 0 Å². The molecule has 4 unspecified atom stereocenters. The maximum absolute atomic E-state index is 2.63. The van der Waals surface area contributed by atoms with Crippen molar-refractivity contribution in [3.63, 3.8) is 0 Å². The molecule has 2 aliphatic heterocycles. The second kappa shape index (κ2) is 11.7. The number of fused-ring (bicyclic) bond motifs is 6. The van der Waals surface area contributed by atoms with Gasteiger partial charge in [0.1, 0.15) is 0 Å². The van der Waals surface area contributed by atoms with Crippen molar-refractivity contribution in [2.75, 3.05) is 9.80 Å². The van der Waals surface area contributed by atoms with Crippen LogP contribution in [0.4, 0.5) is 22.7 Å². The molecule has 8 aliphatic rings. The van der Waals surface area contributed by atoms with Gasteiger partial charge in [0.05, 0.1) is 17.1 Å². The molecule has 62 heavy (non-hydrogen) atoms. The fourth-order valence-electron chi connectivity index (χ4n) is 13.3. The van der Waals surface area contributed by atoms with Crippen LogP contribution in [0.5, 0.6) is 0 Å². The summed E-state index contributed by atoms with van der Waals surface area (Å²) < 4.78 is 0. The third-order valence-electron chi connectivity index (χ3n) is 15.5. The van der Waals surface area contributed by atoms with Crippen molar-refractivity contribution in [3.05, 3.63) is 245 Å². The van der Waals surface area contributed by atoms with Gasteiger partial charge in [-0.15, -0.1) is 0 Å². The Morgan fingerprint density at radius 1 is 0.484 bits per heavy atom. The fraction of sp³-hybridized carbons (Fsp3) is 0.100. The Morgan fingerprint density at radius 3 is 1.95 bits per heavy atom. The predicted octanol–water partition coefficient (Wildman–Crippen LogP) is 14.6. The number of rotatable bonds is 4. The monoisotopic (exact) mass is 788 g/mol. The Labute approximate surface area is 362 Å². The van der Waals surface area contributed by atoms with Crippen LogP contribution >= 0.6 is 0 Å². The molecule has 0 radical (unpaired) electrons. The minimum atomic E-state index is -0.313. The molecular formula is C60H40N2. The molecule has 0 fully saturated rings. The average Bonchev–Trinajstić information content (AvgIpc) is 4.04. The van der Waals surface area contributed by atoms with Crippen LogP contribution in [-0.2, 0) is 10.8 Å². The number of nitrogens with zero attached hydrogens (tertiary/aromatic N) is 2. The topological polar surface area (TPSA) is 6.48 Å². The van der Waals surface area contributed by atoms with Crippen molar-refractivity contribution in [2.45, 2.75) is 35.6 Å². The molecule has 15 rings (SSSR count). The first-order chi connectivity index (χ1) is 30.8. The fourth-order valence-corrected chi connectivity index (χ4v) is 13.3. The molecule has 0 N–H and O–H groups in total. The molecule has 2 nitrogen and oxygen atoms in total. The largest absolute Gasteiger partial charge is 0.333 e. The Kier molecular flexibility index (Phi) is 6.28. The van der Waals surface area contributed by atoms with Crippen LogP contribution < -0.4 is 9.80 Å². The average molecular weight is 789 g/mol. The molecule has 0 saturated heterocycles. The van der Waals surface area contributed by atoms with E-state index >= 15 is 0 Å². The summed E-state index contributed by atoms with van der Waals surface area (Å²) in [7, 11) is 0. The van der Waals surface area contributed by atoms with E-state index in [1.165, 1.54) is 112 Å². The maximum Gasteiger partial charge on any atom is 0.0740 e. The molecule has 7 aromatic carbocycles. The SMILES string of the molecule is C1=CC2N(c3ccccc3)c3ccc4c5c3C2(C=C1)CC=C5c1c-4c(-c2ccccc2)c2c(c1-c1ccccc1)C1C=CC34C=CCC=C3N(c3ccccc3)c3ccc-2c1c34. The minimum Gasteiger partial charge on any atom is -0.333 e. The number of anilines is 4. The van der Waals surface area contributed by atoms with Crippen molar-refractivity contribution in [1.82, 2.24) is 0 Å². The van der Waals surface area contributed by atoms with Gasteiger partial charge in [0, 0.05) is 39.7 Å². The third-order valence-corrected chi connectivity index (χ3v) is 15.5. The Balaban J connectivity index is 1.08. The summed E-state index contributed by atoms with van der Waals surface area (Å²) in [6.07, 6.45) is 26.5. The van der Waals surface area contributed by atoms with E-state index in [1.807, 2.05) is 0 Å². The van der Waals surface area contributed by atoms with E-state index in [1.54, 1.807) is 0 Å². The van der Waals surface area contributed by atoms with E-state index in [2.05, 4.69) is 216 Å². The quantitative estimate of drug-likeness (QED) is 0.164. The first-order valence-electron chi connectivity index (χ1n) is 22.3. The number of benzene rings is 7. The molecule has 290 valence electrons. The van der Waals surface area contributed by atoms with Gasteiger partial charge in [-0.1, -0.05) is 170 Å². The Bertz CT molecular complexity index is 3350. The summed E-state index contributed by atoms with van der Waals surface area (Å²) in [5.41, 5.74) is 26.9. The molecule has 0 bridgehead atoms.